The summed E-state index contributed by atoms with van der Waals surface area (Å²) in [6.07, 6.45) is 3.90. The van der Waals surface area contributed by atoms with E-state index in [0.717, 1.165) is 25.2 Å². The van der Waals surface area contributed by atoms with Crippen molar-refractivity contribution in [3.8, 4) is 28.5 Å². The fourth-order valence-electron chi connectivity index (χ4n) is 4.25. The maximum Gasteiger partial charge on any atom is 0.256 e. The van der Waals surface area contributed by atoms with Crippen molar-refractivity contribution < 1.29 is 22.7 Å². The minimum Gasteiger partial charge on any atom is -0.476 e. The van der Waals surface area contributed by atoms with Gasteiger partial charge in [0.2, 0.25) is 5.88 Å². The van der Waals surface area contributed by atoms with Crippen LogP contribution < -0.4 is 15.8 Å². The van der Waals surface area contributed by atoms with Crippen molar-refractivity contribution >= 4 is 11.7 Å². The first-order valence-corrected chi connectivity index (χ1v) is 11.4. The van der Waals surface area contributed by atoms with Crippen LogP contribution in [0.3, 0.4) is 0 Å². The van der Waals surface area contributed by atoms with Crippen LogP contribution in [0.2, 0.25) is 0 Å². The van der Waals surface area contributed by atoms with Gasteiger partial charge in [-0.25, -0.2) is 28.7 Å². The second-order valence-electron chi connectivity index (χ2n) is 8.95. The molecular weight excluding hydrogens is 475 g/mol. The maximum absolute atomic E-state index is 15.7. The fraction of sp³-hybridized carbons (Fsp3) is 0.375. The van der Waals surface area contributed by atoms with Gasteiger partial charge in [-0.1, -0.05) is 0 Å². The van der Waals surface area contributed by atoms with E-state index in [1.807, 2.05) is 14.0 Å². The van der Waals surface area contributed by atoms with Crippen molar-refractivity contribution in [2.24, 2.45) is 0 Å². The number of anilines is 1. The van der Waals surface area contributed by atoms with Crippen molar-refractivity contribution in [2.75, 3.05) is 32.5 Å². The number of hydrogen-bond acceptors (Lipinski definition) is 8. The Bertz CT molecular complexity index is 1310. The third-order valence-corrected chi connectivity index (χ3v) is 5.89. The van der Waals surface area contributed by atoms with E-state index in [9.17, 15) is 13.6 Å². The van der Waals surface area contributed by atoms with Crippen molar-refractivity contribution in [3.63, 3.8) is 0 Å². The van der Waals surface area contributed by atoms with E-state index in [-0.39, 0.29) is 35.0 Å². The molecular formula is C24H26F3N7O2. The second kappa shape index (κ2) is 10.1. The molecule has 0 aromatic carbocycles. The molecule has 1 amide bonds. The van der Waals surface area contributed by atoms with Crippen molar-refractivity contribution in [3.05, 3.63) is 47.7 Å². The first kappa shape index (κ1) is 25.3. The average Bonchev–Trinajstić information content (AvgIpc) is 2.82. The van der Waals surface area contributed by atoms with Gasteiger partial charge >= 0.3 is 0 Å². The van der Waals surface area contributed by atoms with E-state index in [0.29, 0.717) is 13.0 Å². The Morgan fingerprint density at radius 3 is 2.64 bits per heavy atom. The third kappa shape index (κ3) is 5.23. The monoisotopic (exact) mass is 501 g/mol. The molecule has 0 bridgehead atoms. The molecule has 1 atom stereocenters. The Balaban J connectivity index is 1.82. The summed E-state index contributed by atoms with van der Waals surface area (Å²) >= 11 is 0. The summed E-state index contributed by atoms with van der Waals surface area (Å²) in [4.78, 5) is 30.8. The number of piperidine rings is 1. The molecule has 1 aliphatic rings. The van der Waals surface area contributed by atoms with Crippen LogP contribution in [0.25, 0.3) is 22.6 Å². The fourth-order valence-corrected chi connectivity index (χ4v) is 4.25. The van der Waals surface area contributed by atoms with Gasteiger partial charge in [0.15, 0.2) is 17.5 Å². The molecule has 3 N–H and O–H groups in total. The summed E-state index contributed by atoms with van der Waals surface area (Å²) in [6, 6.07) is 2.30. The summed E-state index contributed by atoms with van der Waals surface area (Å²) in [6.45, 7) is 5.25. The number of nitrogen functional groups attached to an aromatic ring is 1. The van der Waals surface area contributed by atoms with E-state index in [2.05, 4.69) is 30.2 Å². The molecule has 0 radical (unpaired) electrons. The van der Waals surface area contributed by atoms with Crippen molar-refractivity contribution in [1.29, 1.82) is 0 Å². The smallest absolute Gasteiger partial charge is 0.256 e. The molecule has 0 unspecified atom stereocenters. The van der Waals surface area contributed by atoms with Gasteiger partial charge in [0.05, 0.1) is 29.6 Å². The first-order chi connectivity index (χ1) is 17.1. The summed E-state index contributed by atoms with van der Waals surface area (Å²) in [5.41, 5.74) is 3.89. The van der Waals surface area contributed by atoms with Gasteiger partial charge in [0.25, 0.3) is 11.9 Å². The molecule has 36 heavy (non-hydrogen) atoms. The van der Waals surface area contributed by atoms with Gasteiger partial charge < -0.3 is 20.7 Å². The lowest BCUT2D eigenvalue weighted by molar-refractivity contribution is 0.0834. The number of nitrogens with zero attached hydrogens (tertiary/aromatic N) is 5. The average molecular weight is 502 g/mol. The largest absolute Gasteiger partial charge is 0.476 e. The SMILES string of the molecule is CCOc1ncc(-c2cc(C(=O)N[C@@]3(C)CCCN(C)C3)c(F)c(-c3cnc(N)c(F)n3)n2)cc1F. The molecule has 4 heterocycles. The Kier molecular flexibility index (Phi) is 7.07. The maximum atomic E-state index is 15.7. The molecule has 0 aliphatic carbocycles. The first-order valence-electron chi connectivity index (χ1n) is 11.4. The summed E-state index contributed by atoms with van der Waals surface area (Å²) in [5, 5.41) is 2.91. The minimum atomic E-state index is -1.11. The lowest BCUT2D eigenvalue weighted by Crippen LogP contribution is -2.56. The number of aromatic nitrogens is 4. The van der Waals surface area contributed by atoms with Gasteiger partial charge in [-0.15, -0.1) is 0 Å². The number of amides is 1. The van der Waals surface area contributed by atoms with Crippen LogP contribution >= 0.6 is 0 Å². The molecule has 0 spiro atoms. The number of carbonyl (C=O) groups is 1. The molecule has 1 aliphatic heterocycles. The van der Waals surface area contributed by atoms with Crippen LogP contribution in [-0.2, 0) is 0 Å². The molecule has 9 nitrogen and oxygen atoms in total. The zero-order valence-corrected chi connectivity index (χ0v) is 20.1. The number of halogens is 3. The van der Waals surface area contributed by atoms with Crippen LogP contribution in [0.4, 0.5) is 19.0 Å². The summed E-state index contributed by atoms with van der Waals surface area (Å²) in [7, 11) is 1.94. The van der Waals surface area contributed by atoms with Crippen molar-refractivity contribution in [1.82, 2.24) is 30.2 Å². The van der Waals surface area contributed by atoms with E-state index in [1.165, 1.54) is 12.3 Å². The van der Waals surface area contributed by atoms with Gasteiger partial charge in [-0.05, 0) is 52.4 Å². The molecule has 190 valence electrons. The van der Waals surface area contributed by atoms with Gasteiger partial charge in [0.1, 0.15) is 11.4 Å². The number of pyridine rings is 2. The second-order valence-corrected chi connectivity index (χ2v) is 8.95. The number of likely N-dealkylation sites (tertiary alicyclic amines) is 1. The van der Waals surface area contributed by atoms with Crippen LogP contribution in [0.5, 0.6) is 5.88 Å². The Morgan fingerprint density at radius 2 is 1.97 bits per heavy atom. The minimum absolute atomic E-state index is 0.0240. The van der Waals surface area contributed by atoms with E-state index >= 15 is 4.39 Å². The van der Waals surface area contributed by atoms with Crippen LogP contribution in [0.15, 0.2) is 24.5 Å². The highest BCUT2D eigenvalue weighted by Gasteiger charge is 2.33. The van der Waals surface area contributed by atoms with Gasteiger partial charge in [-0.2, -0.15) is 4.39 Å². The number of nitrogens with one attached hydrogen (secondary N) is 1. The molecule has 12 heteroatoms. The van der Waals surface area contributed by atoms with Gasteiger partial charge in [0, 0.05) is 18.3 Å². The van der Waals surface area contributed by atoms with E-state index in [4.69, 9.17) is 10.5 Å². The highest BCUT2D eigenvalue weighted by atomic mass is 19.1. The molecule has 4 rings (SSSR count). The van der Waals surface area contributed by atoms with E-state index in [1.54, 1.807) is 6.92 Å². The van der Waals surface area contributed by atoms with Crippen molar-refractivity contribution in [2.45, 2.75) is 32.2 Å². The summed E-state index contributed by atoms with van der Waals surface area (Å²) in [5.74, 6) is -4.27. The zero-order chi connectivity index (χ0) is 26.0. The highest BCUT2D eigenvalue weighted by Crippen LogP contribution is 2.30. The topological polar surface area (TPSA) is 119 Å². The molecule has 1 fully saturated rings. The predicted octanol–water partition coefficient (Wildman–Crippen LogP) is 3.21. The number of likely N-dealkylation sites (N-methyl/N-ethyl adjacent to an activating group) is 1. The molecule has 3 aromatic rings. The standard InChI is InChI=1S/C24H26F3N7O2/c1-4-36-23-15(25)8-13(10-30-23)16-9-14(22(35)33-24(2)6-5-7-34(3)12-24)18(26)19(31-16)17-11-29-21(28)20(27)32-17/h8-11H,4-7,12H2,1-3H3,(H2,28,29)(H,33,35)/t24-/m0/s1. The molecule has 0 saturated carbocycles. The predicted molar refractivity (Wildman–Crippen MR) is 127 cm³/mol. The Labute approximate surface area is 205 Å². The normalized spacial score (nSPS) is 18.2. The number of rotatable bonds is 6. The van der Waals surface area contributed by atoms with Crippen LogP contribution in [-0.4, -0.2) is 63.0 Å². The van der Waals surface area contributed by atoms with Crippen LogP contribution in [0.1, 0.15) is 37.0 Å². The lowest BCUT2D eigenvalue weighted by atomic mass is 9.91. The summed E-state index contributed by atoms with van der Waals surface area (Å²) < 4.78 is 49.4. The number of carbonyl (C=O) groups excluding carboxylic acids is 1. The van der Waals surface area contributed by atoms with Crippen LogP contribution in [0, 0.1) is 17.6 Å². The third-order valence-electron chi connectivity index (χ3n) is 5.89. The number of ether oxygens (including phenoxy) is 1. The quantitative estimate of drug-likeness (QED) is 0.529. The van der Waals surface area contributed by atoms with E-state index < -0.39 is 40.5 Å². The lowest BCUT2D eigenvalue weighted by Gasteiger charge is -2.39. The number of hydrogen-bond donors (Lipinski definition) is 2. The highest BCUT2D eigenvalue weighted by molar-refractivity contribution is 5.97. The Hall–Kier alpha value is -3.80. The van der Waals surface area contributed by atoms with Gasteiger partial charge in [-0.3, -0.25) is 4.79 Å². The molecule has 1 saturated heterocycles. The number of nitrogens with two attached hydrogens (primary N) is 1. The Morgan fingerprint density at radius 1 is 1.19 bits per heavy atom. The molecule has 3 aromatic heterocycles. The zero-order valence-electron chi connectivity index (χ0n) is 20.1.